The van der Waals surface area contributed by atoms with Crippen molar-refractivity contribution < 1.29 is 8.42 Å². The number of hydrogen-bond acceptors (Lipinski definition) is 2. The third-order valence-electron chi connectivity index (χ3n) is 3.17. The lowest BCUT2D eigenvalue weighted by Crippen LogP contribution is -2.18. The second-order valence-electron chi connectivity index (χ2n) is 4.34. The summed E-state index contributed by atoms with van der Waals surface area (Å²) in [5, 5.41) is 4.92. The first-order valence-corrected chi connectivity index (χ1v) is 7.05. The maximum atomic E-state index is 10.7. The van der Waals surface area contributed by atoms with Gasteiger partial charge in [0.05, 0.1) is 5.75 Å². The Kier molecular flexibility index (Phi) is 5.67. The summed E-state index contributed by atoms with van der Waals surface area (Å²) in [6.07, 6.45) is 5.04. The van der Waals surface area contributed by atoms with Crippen LogP contribution in [0, 0.1) is 5.41 Å². The van der Waals surface area contributed by atoms with Crippen molar-refractivity contribution in [3.8, 4) is 0 Å². The van der Waals surface area contributed by atoms with Gasteiger partial charge >= 0.3 is 0 Å². The summed E-state index contributed by atoms with van der Waals surface area (Å²) < 4.78 is 21.3. The molecule has 0 saturated carbocycles. The third-order valence-corrected chi connectivity index (χ3v) is 4.02. The zero-order valence-electron chi connectivity index (χ0n) is 9.54. The van der Waals surface area contributed by atoms with Crippen molar-refractivity contribution in [2.45, 2.75) is 52.9 Å². The zero-order chi connectivity index (χ0) is 11.2. The molecule has 0 bridgehead atoms. The monoisotopic (exact) mass is 221 g/mol. The Morgan fingerprint density at radius 1 is 1.14 bits per heavy atom. The highest BCUT2D eigenvalue weighted by atomic mass is 32.2. The standard InChI is InChI=1S/C10H23NO2S/c1-4-10(3,5-2)8-6-7-9-14(11,12)13/h4-9H2,1-3H3,(H2,11,12,13). The first kappa shape index (κ1) is 13.9. The summed E-state index contributed by atoms with van der Waals surface area (Å²) in [6.45, 7) is 6.62. The molecule has 4 heteroatoms. The van der Waals surface area contributed by atoms with Crippen LogP contribution >= 0.6 is 0 Å². The van der Waals surface area contributed by atoms with E-state index in [0.717, 1.165) is 25.7 Å². The normalized spacial score (nSPS) is 13.1. The fourth-order valence-electron chi connectivity index (χ4n) is 1.46. The Labute approximate surface area is 88.1 Å². The molecule has 0 aliphatic carbocycles. The summed E-state index contributed by atoms with van der Waals surface area (Å²) in [5.74, 6) is 0.122. The lowest BCUT2D eigenvalue weighted by Gasteiger charge is -2.26. The lowest BCUT2D eigenvalue weighted by molar-refractivity contribution is 0.265. The van der Waals surface area contributed by atoms with Gasteiger partial charge in [-0.15, -0.1) is 0 Å². The minimum atomic E-state index is -3.26. The highest BCUT2D eigenvalue weighted by molar-refractivity contribution is 7.89. The van der Waals surface area contributed by atoms with Crippen molar-refractivity contribution in [2.75, 3.05) is 5.75 Å². The van der Waals surface area contributed by atoms with Crippen molar-refractivity contribution in [3.05, 3.63) is 0 Å². The summed E-state index contributed by atoms with van der Waals surface area (Å²) >= 11 is 0. The topological polar surface area (TPSA) is 60.2 Å². The van der Waals surface area contributed by atoms with Gasteiger partial charge in [0.2, 0.25) is 10.0 Å². The molecule has 14 heavy (non-hydrogen) atoms. The maximum Gasteiger partial charge on any atom is 0.209 e. The van der Waals surface area contributed by atoms with E-state index in [-0.39, 0.29) is 5.75 Å². The fourth-order valence-corrected chi connectivity index (χ4v) is 2.07. The number of rotatable bonds is 7. The quantitative estimate of drug-likeness (QED) is 0.670. The van der Waals surface area contributed by atoms with Gasteiger partial charge in [0.1, 0.15) is 0 Å². The molecule has 0 radical (unpaired) electrons. The van der Waals surface area contributed by atoms with Crippen LogP contribution in [0.1, 0.15) is 52.9 Å². The van der Waals surface area contributed by atoms with E-state index in [9.17, 15) is 8.42 Å². The Balaban J connectivity index is 3.74. The molecule has 0 aromatic heterocycles. The van der Waals surface area contributed by atoms with Crippen LogP contribution in [0.3, 0.4) is 0 Å². The molecule has 0 aromatic carbocycles. The van der Waals surface area contributed by atoms with Gasteiger partial charge in [-0.05, 0) is 18.3 Å². The molecule has 0 unspecified atom stereocenters. The maximum absolute atomic E-state index is 10.7. The Morgan fingerprint density at radius 2 is 1.64 bits per heavy atom. The predicted octanol–water partition coefficient (Wildman–Crippen LogP) is 2.27. The molecule has 3 nitrogen and oxygen atoms in total. The molecular weight excluding hydrogens is 198 g/mol. The summed E-state index contributed by atoms with van der Waals surface area (Å²) in [7, 11) is -3.26. The predicted molar refractivity (Wildman–Crippen MR) is 60.5 cm³/mol. The van der Waals surface area contributed by atoms with E-state index in [4.69, 9.17) is 5.14 Å². The van der Waals surface area contributed by atoms with Gasteiger partial charge in [-0.25, -0.2) is 13.6 Å². The van der Waals surface area contributed by atoms with Crippen LogP contribution in [-0.2, 0) is 10.0 Å². The molecular formula is C10H23NO2S. The summed E-state index contributed by atoms with van der Waals surface area (Å²) in [6, 6.07) is 0. The first-order valence-electron chi connectivity index (χ1n) is 5.33. The molecule has 86 valence electrons. The molecule has 0 heterocycles. The lowest BCUT2D eigenvalue weighted by atomic mass is 9.80. The molecule has 0 aliphatic rings. The van der Waals surface area contributed by atoms with E-state index in [2.05, 4.69) is 20.8 Å². The number of hydrogen-bond donors (Lipinski definition) is 1. The van der Waals surface area contributed by atoms with Crippen molar-refractivity contribution >= 4 is 10.0 Å². The average Bonchev–Trinajstić information content (AvgIpc) is 2.11. The fraction of sp³-hybridized carbons (Fsp3) is 1.00. The highest BCUT2D eigenvalue weighted by Crippen LogP contribution is 2.31. The molecule has 2 N–H and O–H groups in total. The zero-order valence-corrected chi connectivity index (χ0v) is 10.4. The van der Waals surface area contributed by atoms with Crippen molar-refractivity contribution in [1.29, 1.82) is 0 Å². The van der Waals surface area contributed by atoms with Gasteiger partial charge in [-0.3, -0.25) is 0 Å². The average molecular weight is 221 g/mol. The molecule has 0 fully saturated rings. The number of nitrogens with two attached hydrogens (primary N) is 1. The van der Waals surface area contributed by atoms with Gasteiger partial charge in [0, 0.05) is 0 Å². The Hall–Kier alpha value is -0.0900. The van der Waals surface area contributed by atoms with E-state index >= 15 is 0 Å². The number of sulfonamides is 1. The van der Waals surface area contributed by atoms with Crippen molar-refractivity contribution in [1.82, 2.24) is 0 Å². The van der Waals surface area contributed by atoms with Crippen LogP contribution in [-0.4, -0.2) is 14.2 Å². The van der Waals surface area contributed by atoms with Crippen LogP contribution in [0.15, 0.2) is 0 Å². The molecule has 0 spiro atoms. The summed E-state index contributed by atoms with van der Waals surface area (Å²) in [4.78, 5) is 0. The largest absolute Gasteiger partial charge is 0.229 e. The van der Waals surface area contributed by atoms with Gasteiger partial charge in [-0.1, -0.05) is 40.0 Å². The van der Waals surface area contributed by atoms with Crippen molar-refractivity contribution in [2.24, 2.45) is 10.6 Å². The second kappa shape index (κ2) is 5.71. The van der Waals surface area contributed by atoms with Crippen LogP contribution in [0.2, 0.25) is 0 Å². The molecule has 0 aliphatic heterocycles. The van der Waals surface area contributed by atoms with E-state index < -0.39 is 10.0 Å². The molecule has 0 aromatic rings. The van der Waals surface area contributed by atoms with Gasteiger partial charge in [-0.2, -0.15) is 0 Å². The molecule has 0 atom stereocenters. The van der Waals surface area contributed by atoms with Crippen LogP contribution in [0.5, 0.6) is 0 Å². The molecule has 0 amide bonds. The third kappa shape index (κ3) is 6.38. The molecule has 0 rings (SSSR count). The Bertz CT molecular complexity index is 243. The minimum absolute atomic E-state index is 0.122. The van der Waals surface area contributed by atoms with Crippen molar-refractivity contribution in [3.63, 3.8) is 0 Å². The number of primary sulfonamides is 1. The Morgan fingerprint density at radius 3 is 2.00 bits per heavy atom. The van der Waals surface area contributed by atoms with Gasteiger partial charge in [0.15, 0.2) is 0 Å². The minimum Gasteiger partial charge on any atom is -0.229 e. The first-order chi connectivity index (χ1) is 6.33. The van der Waals surface area contributed by atoms with E-state index in [0.29, 0.717) is 11.8 Å². The van der Waals surface area contributed by atoms with E-state index in [1.807, 2.05) is 0 Å². The number of unbranched alkanes of at least 4 members (excludes halogenated alkanes) is 1. The second-order valence-corrected chi connectivity index (χ2v) is 6.08. The van der Waals surface area contributed by atoms with Crippen LogP contribution in [0.25, 0.3) is 0 Å². The smallest absolute Gasteiger partial charge is 0.209 e. The van der Waals surface area contributed by atoms with E-state index in [1.54, 1.807) is 0 Å². The molecule has 0 saturated heterocycles. The van der Waals surface area contributed by atoms with Gasteiger partial charge < -0.3 is 0 Å². The highest BCUT2D eigenvalue weighted by Gasteiger charge is 2.18. The van der Waals surface area contributed by atoms with Gasteiger partial charge in [0.25, 0.3) is 0 Å². The summed E-state index contributed by atoms with van der Waals surface area (Å²) in [5.41, 5.74) is 0.373. The van der Waals surface area contributed by atoms with Crippen LogP contribution < -0.4 is 5.14 Å². The van der Waals surface area contributed by atoms with E-state index in [1.165, 1.54) is 0 Å². The SMILES string of the molecule is CCC(C)(CC)CCCCS(N)(=O)=O. The van der Waals surface area contributed by atoms with Crippen LogP contribution in [0.4, 0.5) is 0 Å².